The maximum Gasteiger partial charge on any atom is 0.269 e. The number of nitrogens with zero attached hydrogens (tertiary/aromatic N) is 3. The number of fused-ring (bicyclic) bond motifs is 1. The topological polar surface area (TPSA) is 64.2 Å². The molecule has 1 fully saturated rings. The minimum atomic E-state index is -0.437. The average molecular weight is 296 g/mol. The number of hydrogen-bond acceptors (Lipinski definition) is 4. The Labute approximate surface area is 124 Å². The van der Waals surface area contributed by atoms with Gasteiger partial charge >= 0.3 is 0 Å². The van der Waals surface area contributed by atoms with E-state index in [1.807, 2.05) is 36.4 Å². The van der Waals surface area contributed by atoms with Crippen molar-refractivity contribution in [2.24, 2.45) is 11.1 Å². The summed E-state index contributed by atoms with van der Waals surface area (Å²) in [7, 11) is 2.14. The van der Waals surface area contributed by atoms with Gasteiger partial charge in [0.2, 0.25) is 0 Å². The van der Waals surface area contributed by atoms with Crippen LogP contribution in [0.4, 0.5) is 0 Å². The normalized spacial score (nSPS) is 25.8. The van der Waals surface area contributed by atoms with Crippen molar-refractivity contribution in [2.45, 2.75) is 33.4 Å². The largest absolute Gasteiger partial charge is 0.364 e. The average Bonchev–Trinajstić information content (AvgIpc) is 2.98. The highest BCUT2D eigenvalue weighted by Gasteiger charge is 2.38. The molecule has 1 saturated heterocycles. The summed E-state index contributed by atoms with van der Waals surface area (Å²) in [5.41, 5.74) is 7.11. The van der Waals surface area contributed by atoms with Crippen LogP contribution in [0.2, 0.25) is 0 Å². The lowest BCUT2D eigenvalue weighted by molar-refractivity contribution is 0.0993. The van der Waals surface area contributed by atoms with Crippen molar-refractivity contribution >= 4 is 17.7 Å². The molecule has 0 aromatic carbocycles. The van der Waals surface area contributed by atoms with Crippen LogP contribution in [0.3, 0.4) is 0 Å². The van der Waals surface area contributed by atoms with E-state index in [2.05, 4.69) is 17.0 Å². The third-order valence-electron chi connectivity index (χ3n) is 3.82. The van der Waals surface area contributed by atoms with Gasteiger partial charge in [-0.05, 0) is 25.3 Å². The van der Waals surface area contributed by atoms with Crippen molar-refractivity contribution in [3.8, 4) is 0 Å². The van der Waals surface area contributed by atoms with E-state index in [1.165, 1.54) is 17.9 Å². The second kappa shape index (κ2) is 6.18. The first-order valence-corrected chi connectivity index (χ1v) is 8.36. The third-order valence-corrected chi connectivity index (χ3v) is 5.13. The van der Waals surface area contributed by atoms with Crippen LogP contribution in [0.15, 0.2) is 6.07 Å². The fraction of sp³-hybridized carbons (Fsp3) is 0.714. The molecule has 1 unspecified atom stereocenters. The summed E-state index contributed by atoms with van der Waals surface area (Å²) in [4.78, 5) is 13.6. The molecule has 1 aromatic heterocycles. The molecule has 0 aliphatic carbocycles. The Balaban J connectivity index is 0.000000704. The van der Waals surface area contributed by atoms with Crippen LogP contribution in [-0.4, -0.2) is 45.7 Å². The molecule has 0 bridgehead atoms. The molecule has 5 nitrogen and oxygen atoms in total. The molecule has 1 spiro atoms. The number of hydrogen-bond donors (Lipinski definition) is 1. The third kappa shape index (κ3) is 3.01. The second-order valence-corrected chi connectivity index (χ2v) is 6.62. The van der Waals surface area contributed by atoms with Crippen molar-refractivity contribution in [2.75, 3.05) is 25.1 Å². The first-order chi connectivity index (χ1) is 9.58. The van der Waals surface area contributed by atoms with E-state index in [-0.39, 0.29) is 0 Å². The fourth-order valence-electron chi connectivity index (χ4n) is 3.01. The summed E-state index contributed by atoms with van der Waals surface area (Å²) in [5.74, 6) is 1.98. The zero-order valence-corrected chi connectivity index (χ0v) is 13.4. The number of amides is 1. The zero-order chi connectivity index (χ0) is 14.8. The Morgan fingerprint density at radius 1 is 1.45 bits per heavy atom. The Bertz CT molecular complexity index is 480. The van der Waals surface area contributed by atoms with Gasteiger partial charge in [-0.1, -0.05) is 13.8 Å². The van der Waals surface area contributed by atoms with Crippen LogP contribution in [0.1, 0.15) is 36.5 Å². The molecule has 0 radical (unpaired) electrons. The van der Waals surface area contributed by atoms with Gasteiger partial charge in [-0.25, -0.2) is 0 Å². The fourth-order valence-corrected chi connectivity index (χ4v) is 4.49. The molecular weight excluding hydrogens is 272 g/mol. The van der Waals surface area contributed by atoms with Crippen LogP contribution >= 0.6 is 11.8 Å². The second-order valence-electron chi connectivity index (χ2n) is 5.52. The zero-order valence-electron chi connectivity index (χ0n) is 12.6. The van der Waals surface area contributed by atoms with Crippen LogP contribution in [0.25, 0.3) is 0 Å². The van der Waals surface area contributed by atoms with Gasteiger partial charge in [-0.2, -0.15) is 16.9 Å². The molecule has 2 aliphatic rings. The summed E-state index contributed by atoms with van der Waals surface area (Å²) in [6.45, 7) is 6.86. The number of carbonyl (C=O) groups is 1. The maximum absolute atomic E-state index is 11.2. The minimum Gasteiger partial charge on any atom is -0.364 e. The minimum absolute atomic E-state index is 0.311. The molecule has 0 saturated carbocycles. The van der Waals surface area contributed by atoms with Crippen molar-refractivity contribution in [3.63, 3.8) is 0 Å². The van der Waals surface area contributed by atoms with E-state index in [1.54, 1.807) is 0 Å². The highest BCUT2D eigenvalue weighted by Crippen LogP contribution is 2.39. The van der Waals surface area contributed by atoms with Crippen molar-refractivity contribution in [3.05, 3.63) is 17.5 Å². The highest BCUT2D eigenvalue weighted by molar-refractivity contribution is 7.99. The molecule has 112 valence electrons. The van der Waals surface area contributed by atoms with E-state index >= 15 is 0 Å². The number of rotatable bonds is 1. The summed E-state index contributed by atoms with van der Waals surface area (Å²) >= 11 is 2.02. The summed E-state index contributed by atoms with van der Waals surface area (Å²) in [5, 5.41) is 4.37. The molecule has 3 heterocycles. The van der Waals surface area contributed by atoms with Crippen molar-refractivity contribution in [1.82, 2.24) is 14.7 Å². The van der Waals surface area contributed by atoms with Crippen molar-refractivity contribution < 1.29 is 4.79 Å². The summed E-state index contributed by atoms with van der Waals surface area (Å²) < 4.78 is 2.00. The predicted octanol–water partition coefficient (Wildman–Crippen LogP) is 1.58. The Hall–Kier alpha value is -1.01. The van der Waals surface area contributed by atoms with Gasteiger partial charge in [0.25, 0.3) is 5.91 Å². The van der Waals surface area contributed by atoms with Crippen LogP contribution in [0, 0.1) is 5.41 Å². The van der Waals surface area contributed by atoms with E-state index in [4.69, 9.17) is 5.73 Å². The Kier molecular flexibility index (Phi) is 4.75. The van der Waals surface area contributed by atoms with Crippen LogP contribution in [0.5, 0.6) is 0 Å². The highest BCUT2D eigenvalue weighted by atomic mass is 32.2. The lowest BCUT2D eigenvalue weighted by atomic mass is 9.87. The number of carbonyl (C=O) groups excluding carboxylic acids is 1. The van der Waals surface area contributed by atoms with E-state index in [0.717, 1.165) is 25.3 Å². The molecule has 1 atom stereocenters. The van der Waals surface area contributed by atoms with E-state index < -0.39 is 5.91 Å². The van der Waals surface area contributed by atoms with Crippen LogP contribution in [-0.2, 0) is 13.1 Å². The predicted molar refractivity (Wildman–Crippen MR) is 82.8 cm³/mol. The summed E-state index contributed by atoms with van der Waals surface area (Å²) in [6, 6.07) is 1.83. The molecule has 6 heteroatoms. The van der Waals surface area contributed by atoms with E-state index in [0.29, 0.717) is 11.1 Å². The molecule has 2 aliphatic heterocycles. The monoisotopic (exact) mass is 296 g/mol. The SMILES string of the molecule is CC.CN1Cc2cc(C(N)=O)nn2CC2(CCSC2)C1. The maximum atomic E-state index is 11.2. The van der Waals surface area contributed by atoms with Gasteiger partial charge < -0.3 is 5.73 Å². The quantitative estimate of drug-likeness (QED) is 0.854. The molecule has 3 rings (SSSR count). The van der Waals surface area contributed by atoms with Gasteiger partial charge in [0.1, 0.15) is 5.69 Å². The molecular formula is C14H24N4OS. The molecule has 1 amide bonds. The summed E-state index contributed by atoms with van der Waals surface area (Å²) in [6.07, 6.45) is 1.23. The number of aromatic nitrogens is 2. The van der Waals surface area contributed by atoms with Gasteiger partial charge in [0.05, 0.1) is 5.69 Å². The standard InChI is InChI=1S/C12H18N4OS.C2H6/c1-15-5-9-4-10(11(13)17)14-16(9)7-12(6-15)2-3-18-8-12;1-2/h4H,2-3,5-8H2,1H3,(H2,13,17);1-2H3. The molecule has 1 aromatic rings. The van der Waals surface area contributed by atoms with E-state index in [9.17, 15) is 4.79 Å². The number of primary amides is 1. The molecule has 2 N–H and O–H groups in total. The first-order valence-electron chi connectivity index (χ1n) is 7.21. The number of nitrogens with two attached hydrogens (primary N) is 1. The van der Waals surface area contributed by atoms with Crippen LogP contribution < -0.4 is 5.73 Å². The molecule has 20 heavy (non-hydrogen) atoms. The van der Waals surface area contributed by atoms with Gasteiger partial charge in [-0.15, -0.1) is 0 Å². The number of thioether (sulfide) groups is 1. The van der Waals surface area contributed by atoms with Gasteiger partial charge in [0, 0.05) is 30.8 Å². The lowest BCUT2D eigenvalue weighted by Gasteiger charge is -2.29. The smallest absolute Gasteiger partial charge is 0.269 e. The van der Waals surface area contributed by atoms with Crippen molar-refractivity contribution in [1.29, 1.82) is 0 Å². The van der Waals surface area contributed by atoms with Gasteiger partial charge in [-0.3, -0.25) is 14.4 Å². The first kappa shape index (κ1) is 15.4. The lowest BCUT2D eigenvalue weighted by Crippen LogP contribution is -2.36. The Morgan fingerprint density at radius 2 is 2.20 bits per heavy atom. The van der Waals surface area contributed by atoms with Gasteiger partial charge in [0.15, 0.2) is 0 Å². The Morgan fingerprint density at radius 3 is 2.80 bits per heavy atom.